The van der Waals surface area contributed by atoms with E-state index in [2.05, 4.69) is 31.0 Å². The largest absolute Gasteiger partial charge is 0.345 e. The first-order valence-electron chi connectivity index (χ1n) is 5.74. The monoisotopic (exact) mass is 318 g/mol. The molecule has 0 fully saturated rings. The van der Waals surface area contributed by atoms with Crippen molar-refractivity contribution < 1.29 is 4.79 Å². The van der Waals surface area contributed by atoms with E-state index in [4.69, 9.17) is 0 Å². The van der Waals surface area contributed by atoms with Gasteiger partial charge in [-0.1, -0.05) is 0 Å². The van der Waals surface area contributed by atoms with Crippen LogP contribution < -0.4 is 0 Å². The highest BCUT2D eigenvalue weighted by Crippen LogP contribution is 2.22. The average molecular weight is 319 g/mol. The van der Waals surface area contributed by atoms with Crippen LogP contribution in [0.1, 0.15) is 21.7 Å². The maximum atomic E-state index is 12.5. The van der Waals surface area contributed by atoms with Crippen LogP contribution in [0.25, 0.3) is 11.0 Å². The normalized spacial score (nSPS) is 11.1. The first kappa shape index (κ1) is 12.1. The van der Waals surface area contributed by atoms with Crippen molar-refractivity contribution >= 4 is 32.7 Å². The number of hydrogen-bond acceptors (Lipinski definition) is 3. The van der Waals surface area contributed by atoms with Gasteiger partial charge in [0.25, 0.3) is 0 Å². The van der Waals surface area contributed by atoms with Crippen molar-refractivity contribution in [3.63, 3.8) is 0 Å². The Morgan fingerprint density at radius 2 is 2.21 bits per heavy atom. The molecule has 1 N–H and O–H groups in total. The number of halogens is 1. The lowest BCUT2D eigenvalue weighted by atomic mass is 10.1. The number of fused-ring (bicyclic) bond motifs is 1. The summed E-state index contributed by atoms with van der Waals surface area (Å²) in [6, 6.07) is 3.66. The lowest BCUT2D eigenvalue weighted by molar-refractivity contribution is 0.103. The quantitative estimate of drug-likeness (QED) is 0.739. The molecule has 0 spiro atoms. The topological polar surface area (TPSA) is 63.6 Å². The smallest absolute Gasteiger partial charge is 0.215 e. The van der Waals surface area contributed by atoms with Gasteiger partial charge in [0.05, 0.1) is 5.56 Å². The predicted octanol–water partition coefficient (Wildman–Crippen LogP) is 2.60. The maximum absolute atomic E-state index is 12.5. The molecule has 0 aromatic carbocycles. The number of aromatic amines is 1. The van der Waals surface area contributed by atoms with Crippen molar-refractivity contribution in [2.45, 2.75) is 6.92 Å². The Morgan fingerprint density at radius 3 is 2.89 bits per heavy atom. The number of ketones is 1. The molecule has 0 saturated heterocycles. The summed E-state index contributed by atoms with van der Waals surface area (Å²) in [6.45, 7) is 1.91. The third-order valence-corrected chi connectivity index (χ3v) is 3.52. The Morgan fingerprint density at radius 1 is 1.42 bits per heavy atom. The third-order valence-electron chi connectivity index (χ3n) is 3.09. The predicted molar refractivity (Wildman–Crippen MR) is 75.2 cm³/mol. The summed E-state index contributed by atoms with van der Waals surface area (Å²) in [6.07, 6.45) is 3.37. The molecule has 0 bridgehead atoms. The number of H-pyrrole nitrogens is 1. The Balaban J connectivity index is 2.13. The molecule has 0 atom stereocenters. The van der Waals surface area contributed by atoms with Gasteiger partial charge in [0.2, 0.25) is 5.78 Å². The summed E-state index contributed by atoms with van der Waals surface area (Å²) < 4.78 is 2.53. The van der Waals surface area contributed by atoms with Gasteiger partial charge < -0.3 is 4.98 Å². The Hall–Kier alpha value is -1.95. The number of rotatable bonds is 2. The van der Waals surface area contributed by atoms with Crippen LogP contribution in [0.5, 0.6) is 0 Å². The molecule has 19 heavy (non-hydrogen) atoms. The summed E-state index contributed by atoms with van der Waals surface area (Å²) >= 11 is 3.36. The van der Waals surface area contributed by atoms with Gasteiger partial charge in [0, 0.05) is 35.0 Å². The van der Waals surface area contributed by atoms with Crippen molar-refractivity contribution in [2.75, 3.05) is 0 Å². The van der Waals surface area contributed by atoms with Crippen molar-refractivity contribution in [1.29, 1.82) is 0 Å². The van der Waals surface area contributed by atoms with Gasteiger partial charge >= 0.3 is 0 Å². The van der Waals surface area contributed by atoms with Gasteiger partial charge in [-0.3, -0.25) is 9.48 Å². The zero-order chi connectivity index (χ0) is 13.6. The van der Waals surface area contributed by atoms with E-state index in [1.54, 1.807) is 23.1 Å². The number of aryl methyl sites for hydroxylation is 2. The first-order chi connectivity index (χ1) is 9.06. The summed E-state index contributed by atoms with van der Waals surface area (Å²) in [5, 5.41) is 5.01. The zero-order valence-corrected chi connectivity index (χ0v) is 12.0. The van der Waals surface area contributed by atoms with Crippen LogP contribution in [-0.2, 0) is 7.05 Å². The molecule has 6 heteroatoms. The molecular formula is C13H11BrN4O. The van der Waals surface area contributed by atoms with E-state index in [0.717, 1.165) is 15.6 Å². The van der Waals surface area contributed by atoms with E-state index in [9.17, 15) is 4.79 Å². The SMILES string of the molecule is Cc1cc(C(=O)c2c[nH]c3ncc(Br)cc23)nn1C. The van der Waals surface area contributed by atoms with Crippen LogP contribution >= 0.6 is 15.9 Å². The molecule has 3 rings (SSSR count). The van der Waals surface area contributed by atoms with Crippen LogP contribution in [0.2, 0.25) is 0 Å². The zero-order valence-electron chi connectivity index (χ0n) is 10.4. The number of aromatic nitrogens is 4. The lowest BCUT2D eigenvalue weighted by Gasteiger charge is -1.96. The second-order valence-corrected chi connectivity index (χ2v) is 5.29. The molecule has 3 aromatic heterocycles. The number of nitrogens with one attached hydrogen (secondary N) is 1. The van der Waals surface area contributed by atoms with Crippen molar-refractivity contribution in [3.05, 3.63) is 46.0 Å². The molecule has 0 saturated carbocycles. The fourth-order valence-corrected chi connectivity index (χ4v) is 2.31. The molecular weight excluding hydrogens is 308 g/mol. The standard InChI is InChI=1S/C13H11BrN4O/c1-7-3-11(17-18(7)2)12(19)10-6-16-13-9(10)4-8(14)5-15-13/h3-6H,1-2H3,(H,15,16). The number of hydrogen-bond donors (Lipinski definition) is 1. The number of pyridine rings is 1. The lowest BCUT2D eigenvalue weighted by Crippen LogP contribution is -2.02. The van der Waals surface area contributed by atoms with Crippen molar-refractivity contribution in [2.24, 2.45) is 7.05 Å². The van der Waals surface area contributed by atoms with Crippen LogP contribution in [0.3, 0.4) is 0 Å². The summed E-state index contributed by atoms with van der Waals surface area (Å²) in [5.41, 5.74) is 2.67. The molecule has 5 nitrogen and oxygen atoms in total. The highest BCUT2D eigenvalue weighted by molar-refractivity contribution is 9.10. The minimum Gasteiger partial charge on any atom is -0.345 e. The third kappa shape index (κ3) is 1.98. The van der Waals surface area contributed by atoms with Gasteiger partial charge in [-0.25, -0.2) is 4.98 Å². The van der Waals surface area contributed by atoms with Crippen LogP contribution in [0, 0.1) is 6.92 Å². The van der Waals surface area contributed by atoms with Gasteiger partial charge in [0.1, 0.15) is 11.3 Å². The van der Waals surface area contributed by atoms with E-state index < -0.39 is 0 Å². The van der Waals surface area contributed by atoms with E-state index in [-0.39, 0.29) is 5.78 Å². The van der Waals surface area contributed by atoms with Crippen molar-refractivity contribution in [1.82, 2.24) is 19.7 Å². The Bertz CT molecular complexity index is 768. The molecule has 0 aliphatic rings. The molecule has 3 aromatic rings. The van der Waals surface area contributed by atoms with Crippen LogP contribution in [0.15, 0.2) is 29.0 Å². The second-order valence-electron chi connectivity index (χ2n) is 4.38. The summed E-state index contributed by atoms with van der Waals surface area (Å²) in [5.74, 6) is -0.102. The van der Waals surface area contributed by atoms with Crippen LogP contribution in [-0.4, -0.2) is 25.5 Å². The molecule has 96 valence electrons. The van der Waals surface area contributed by atoms with E-state index in [1.165, 1.54) is 0 Å². The molecule has 0 amide bonds. The van der Waals surface area contributed by atoms with Gasteiger partial charge in [-0.05, 0) is 35.0 Å². The second kappa shape index (κ2) is 4.31. The fourth-order valence-electron chi connectivity index (χ4n) is 1.98. The Kier molecular flexibility index (Phi) is 2.74. The molecule has 0 unspecified atom stereocenters. The fraction of sp³-hybridized carbons (Fsp3) is 0.154. The van der Waals surface area contributed by atoms with Crippen molar-refractivity contribution in [3.8, 4) is 0 Å². The Labute approximate surface area is 117 Å². The molecule has 3 heterocycles. The maximum Gasteiger partial charge on any atom is 0.215 e. The number of carbonyl (C=O) groups excluding carboxylic acids is 1. The number of carbonyl (C=O) groups is 1. The summed E-state index contributed by atoms with van der Waals surface area (Å²) in [7, 11) is 1.82. The highest BCUT2D eigenvalue weighted by atomic mass is 79.9. The highest BCUT2D eigenvalue weighted by Gasteiger charge is 2.18. The summed E-state index contributed by atoms with van der Waals surface area (Å²) in [4.78, 5) is 19.7. The van der Waals surface area contributed by atoms with Gasteiger partial charge in [-0.2, -0.15) is 5.10 Å². The molecule has 0 aliphatic heterocycles. The molecule has 0 aliphatic carbocycles. The minimum absolute atomic E-state index is 0.102. The van der Waals surface area contributed by atoms with E-state index >= 15 is 0 Å². The first-order valence-corrected chi connectivity index (χ1v) is 6.53. The average Bonchev–Trinajstić information content (AvgIpc) is 2.93. The van der Waals surface area contributed by atoms with E-state index in [1.807, 2.05) is 20.0 Å². The van der Waals surface area contributed by atoms with Gasteiger partial charge in [0.15, 0.2) is 0 Å². The van der Waals surface area contributed by atoms with Gasteiger partial charge in [-0.15, -0.1) is 0 Å². The minimum atomic E-state index is -0.102. The number of nitrogens with zero attached hydrogens (tertiary/aromatic N) is 3. The van der Waals surface area contributed by atoms with E-state index in [0.29, 0.717) is 16.9 Å². The molecule has 0 radical (unpaired) electrons. The van der Waals surface area contributed by atoms with Crippen LogP contribution in [0.4, 0.5) is 0 Å².